The third-order valence-corrected chi connectivity index (χ3v) is 4.05. The Morgan fingerprint density at radius 1 is 1.33 bits per heavy atom. The Kier molecular flexibility index (Phi) is 3.61. The fourth-order valence-corrected chi connectivity index (χ4v) is 3.03. The first-order valence-corrected chi connectivity index (χ1v) is 7.12. The van der Waals surface area contributed by atoms with Gasteiger partial charge in [0.1, 0.15) is 6.33 Å². The molecule has 2 heterocycles. The Balaban J connectivity index is 1.71. The Morgan fingerprint density at radius 2 is 2.22 bits per heavy atom. The van der Waals surface area contributed by atoms with Gasteiger partial charge >= 0.3 is 0 Å². The molecule has 5 heteroatoms. The average Bonchev–Trinajstić information content (AvgIpc) is 3.09. The second-order valence-corrected chi connectivity index (χ2v) is 5.25. The predicted molar refractivity (Wildman–Crippen MR) is 71.1 cm³/mol. The molecule has 0 radical (unpaired) electrons. The molecule has 3 rings (SSSR count). The standard InChI is InChI=1S/C13H15N3OS/c1-2-5-11(6-3-1)16-10-14-15-13(16)18-9-12-7-4-8-17-12/h1-3,5-6,10,12H,4,7-9H2. The molecule has 2 aromatic rings. The minimum atomic E-state index is 0.371. The van der Waals surface area contributed by atoms with Crippen molar-refractivity contribution in [1.82, 2.24) is 14.8 Å². The van der Waals surface area contributed by atoms with Gasteiger partial charge < -0.3 is 4.74 Å². The van der Waals surface area contributed by atoms with Crippen molar-refractivity contribution in [2.45, 2.75) is 24.1 Å². The molecule has 0 N–H and O–H groups in total. The molecule has 1 aliphatic rings. The molecule has 18 heavy (non-hydrogen) atoms. The van der Waals surface area contributed by atoms with Crippen LogP contribution in [0.4, 0.5) is 0 Å². The van der Waals surface area contributed by atoms with Gasteiger partial charge in [-0.25, -0.2) is 0 Å². The van der Waals surface area contributed by atoms with E-state index in [2.05, 4.69) is 22.3 Å². The van der Waals surface area contributed by atoms with E-state index in [1.165, 1.54) is 6.42 Å². The highest BCUT2D eigenvalue weighted by atomic mass is 32.2. The van der Waals surface area contributed by atoms with E-state index >= 15 is 0 Å². The second kappa shape index (κ2) is 5.54. The van der Waals surface area contributed by atoms with Crippen LogP contribution in [-0.4, -0.2) is 33.2 Å². The normalized spacial score (nSPS) is 19.2. The zero-order chi connectivity index (χ0) is 12.2. The number of nitrogens with zero attached hydrogens (tertiary/aromatic N) is 3. The summed E-state index contributed by atoms with van der Waals surface area (Å²) < 4.78 is 7.63. The van der Waals surface area contributed by atoms with Crippen molar-refractivity contribution in [3.63, 3.8) is 0 Å². The summed E-state index contributed by atoms with van der Waals surface area (Å²) in [6.45, 7) is 0.899. The first-order valence-electron chi connectivity index (χ1n) is 6.13. The summed E-state index contributed by atoms with van der Waals surface area (Å²) in [6.07, 6.45) is 4.46. The van der Waals surface area contributed by atoms with Crippen molar-refractivity contribution < 1.29 is 4.74 Å². The maximum absolute atomic E-state index is 5.62. The summed E-state index contributed by atoms with van der Waals surface area (Å²) in [4.78, 5) is 0. The first kappa shape index (κ1) is 11.7. The van der Waals surface area contributed by atoms with Crippen molar-refractivity contribution in [2.75, 3.05) is 12.4 Å². The maximum Gasteiger partial charge on any atom is 0.195 e. The summed E-state index contributed by atoms with van der Waals surface area (Å²) in [5, 5.41) is 9.10. The van der Waals surface area contributed by atoms with Crippen LogP contribution in [0.15, 0.2) is 41.8 Å². The fraction of sp³-hybridized carbons (Fsp3) is 0.385. The van der Waals surface area contributed by atoms with Gasteiger partial charge in [0.15, 0.2) is 5.16 Å². The van der Waals surface area contributed by atoms with Gasteiger partial charge in [0.25, 0.3) is 0 Å². The lowest BCUT2D eigenvalue weighted by Gasteiger charge is -2.09. The number of rotatable bonds is 4. The van der Waals surface area contributed by atoms with Gasteiger partial charge in [0.2, 0.25) is 0 Å². The largest absolute Gasteiger partial charge is 0.377 e. The van der Waals surface area contributed by atoms with Crippen LogP contribution in [-0.2, 0) is 4.74 Å². The SMILES string of the molecule is c1ccc(-n2cnnc2SCC2CCCO2)cc1. The van der Waals surface area contributed by atoms with E-state index in [-0.39, 0.29) is 0 Å². The van der Waals surface area contributed by atoms with Crippen LogP contribution in [0.3, 0.4) is 0 Å². The molecule has 1 aliphatic heterocycles. The van der Waals surface area contributed by atoms with Gasteiger partial charge in [-0.1, -0.05) is 30.0 Å². The number of para-hydroxylation sites is 1. The third kappa shape index (κ3) is 2.57. The van der Waals surface area contributed by atoms with Crippen molar-refractivity contribution in [3.05, 3.63) is 36.7 Å². The molecular formula is C13H15N3OS. The van der Waals surface area contributed by atoms with Crippen LogP contribution in [0.2, 0.25) is 0 Å². The summed E-state index contributed by atoms with van der Waals surface area (Å²) in [5.41, 5.74) is 1.09. The molecule has 1 aromatic heterocycles. The van der Waals surface area contributed by atoms with Gasteiger partial charge in [-0.2, -0.15) is 0 Å². The average molecular weight is 261 g/mol. The molecule has 1 atom stereocenters. The Morgan fingerprint density at radius 3 is 3.00 bits per heavy atom. The minimum absolute atomic E-state index is 0.371. The number of ether oxygens (including phenoxy) is 1. The van der Waals surface area contributed by atoms with Crippen LogP contribution < -0.4 is 0 Å². The molecule has 0 saturated carbocycles. The lowest BCUT2D eigenvalue weighted by molar-refractivity contribution is 0.129. The minimum Gasteiger partial charge on any atom is -0.377 e. The van der Waals surface area contributed by atoms with Gasteiger partial charge in [0.05, 0.1) is 6.10 Å². The summed E-state index contributed by atoms with van der Waals surface area (Å²) >= 11 is 1.71. The third-order valence-electron chi connectivity index (χ3n) is 2.97. The molecular weight excluding hydrogens is 246 g/mol. The Hall–Kier alpha value is -1.33. The Labute approximate surface area is 110 Å². The maximum atomic E-state index is 5.62. The van der Waals surface area contributed by atoms with Gasteiger partial charge in [0, 0.05) is 18.0 Å². The number of hydrogen-bond donors (Lipinski definition) is 0. The second-order valence-electron chi connectivity index (χ2n) is 4.27. The summed E-state index contributed by atoms with van der Waals surface area (Å²) in [5.74, 6) is 0.950. The highest BCUT2D eigenvalue weighted by Crippen LogP contribution is 2.24. The molecule has 0 amide bonds. The molecule has 0 spiro atoms. The lowest BCUT2D eigenvalue weighted by atomic mass is 10.3. The number of hydrogen-bond acceptors (Lipinski definition) is 4. The van der Waals surface area contributed by atoms with Gasteiger partial charge in [-0.3, -0.25) is 4.57 Å². The predicted octanol–water partition coefficient (Wildman–Crippen LogP) is 2.54. The number of thioether (sulfide) groups is 1. The van der Waals surface area contributed by atoms with Crippen molar-refractivity contribution >= 4 is 11.8 Å². The molecule has 1 aromatic carbocycles. The molecule has 1 saturated heterocycles. The quantitative estimate of drug-likeness (QED) is 0.793. The molecule has 1 fully saturated rings. The van der Waals surface area contributed by atoms with E-state index < -0.39 is 0 Å². The van der Waals surface area contributed by atoms with Gasteiger partial charge in [-0.15, -0.1) is 10.2 Å². The first-order chi connectivity index (χ1) is 8.93. The van der Waals surface area contributed by atoms with Gasteiger partial charge in [-0.05, 0) is 25.0 Å². The molecule has 0 aliphatic carbocycles. The van der Waals surface area contributed by atoms with E-state index in [9.17, 15) is 0 Å². The van der Waals surface area contributed by atoms with Crippen molar-refractivity contribution in [3.8, 4) is 5.69 Å². The zero-order valence-corrected chi connectivity index (χ0v) is 10.8. The lowest BCUT2D eigenvalue weighted by Crippen LogP contribution is -2.08. The highest BCUT2D eigenvalue weighted by Gasteiger charge is 2.17. The van der Waals surface area contributed by atoms with Crippen molar-refractivity contribution in [2.24, 2.45) is 0 Å². The van der Waals surface area contributed by atoms with Crippen LogP contribution in [0.25, 0.3) is 5.69 Å². The number of aromatic nitrogens is 3. The van der Waals surface area contributed by atoms with E-state index in [0.717, 1.165) is 29.6 Å². The van der Waals surface area contributed by atoms with E-state index in [4.69, 9.17) is 4.74 Å². The number of benzene rings is 1. The van der Waals surface area contributed by atoms with Crippen LogP contribution >= 0.6 is 11.8 Å². The zero-order valence-electron chi connectivity index (χ0n) is 10.0. The van der Waals surface area contributed by atoms with E-state index in [0.29, 0.717) is 6.10 Å². The fourth-order valence-electron chi connectivity index (χ4n) is 2.03. The van der Waals surface area contributed by atoms with Crippen LogP contribution in [0.5, 0.6) is 0 Å². The molecule has 1 unspecified atom stereocenters. The monoisotopic (exact) mass is 261 g/mol. The summed E-state index contributed by atoms with van der Waals surface area (Å²) in [6, 6.07) is 10.2. The smallest absolute Gasteiger partial charge is 0.195 e. The molecule has 94 valence electrons. The van der Waals surface area contributed by atoms with E-state index in [1.807, 2.05) is 22.8 Å². The highest BCUT2D eigenvalue weighted by molar-refractivity contribution is 7.99. The van der Waals surface area contributed by atoms with Crippen molar-refractivity contribution in [1.29, 1.82) is 0 Å². The van der Waals surface area contributed by atoms with Crippen LogP contribution in [0, 0.1) is 0 Å². The topological polar surface area (TPSA) is 39.9 Å². The summed E-state index contributed by atoms with van der Waals surface area (Å²) in [7, 11) is 0. The van der Waals surface area contributed by atoms with Crippen LogP contribution in [0.1, 0.15) is 12.8 Å². The molecule has 4 nitrogen and oxygen atoms in total. The van der Waals surface area contributed by atoms with E-state index in [1.54, 1.807) is 18.1 Å². The molecule has 0 bridgehead atoms. The Bertz CT molecular complexity index is 494.